The van der Waals surface area contributed by atoms with Crippen molar-refractivity contribution in [1.82, 2.24) is 10.2 Å². The Bertz CT molecular complexity index is 1350. The van der Waals surface area contributed by atoms with Gasteiger partial charge in [0.25, 0.3) is 10.0 Å². The fourth-order valence-electron chi connectivity index (χ4n) is 3.71. The number of halogens is 2. The Balaban J connectivity index is 2.00. The van der Waals surface area contributed by atoms with E-state index < -0.39 is 28.5 Å². The van der Waals surface area contributed by atoms with E-state index in [1.807, 2.05) is 13.8 Å². The van der Waals surface area contributed by atoms with E-state index in [1.165, 1.54) is 17.0 Å². The molecule has 0 aliphatic carbocycles. The molecule has 3 aromatic carbocycles. The van der Waals surface area contributed by atoms with Gasteiger partial charge in [-0.05, 0) is 54.8 Å². The third-order valence-corrected chi connectivity index (χ3v) is 8.19. The number of nitrogens with one attached hydrogen (secondary N) is 1. The molecular weight excluding hydrogens is 545 g/mol. The first-order chi connectivity index (χ1) is 18.0. The Kier molecular flexibility index (Phi) is 10.2. The van der Waals surface area contributed by atoms with Crippen LogP contribution in [0.15, 0.2) is 83.8 Å². The summed E-state index contributed by atoms with van der Waals surface area (Å²) in [5.41, 5.74) is 0.899. The molecule has 2 amide bonds. The summed E-state index contributed by atoms with van der Waals surface area (Å²) in [6, 6.07) is 20.3. The molecule has 3 rings (SSSR count). The molecule has 0 unspecified atom stereocenters. The number of hydrogen-bond donors (Lipinski definition) is 1. The van der Waals surface area contributed by atoms with Crippen molar-refractivity contribution in [2.45, 2.75) is 38.3 Å². The summed E-state index contributed by atoms with van der Waals surface area (Å²) < 4.78 is 28.4. The molecule has 10 heteroatoms. The highest BCUT2D eigenvalue weighted by molar-refractivity contribution is 7.92. The van der Waals surface area contributed by atoms with E-state index in [2.05, 4.69) is 5.32 Å². The van der Waals surface area contributed by atoms with Crippen LogP contribution in [0.1, 0.15) is 26.3 Å². The van der Waals surface area contributed by atoms with Crippen LogP contribution >= 0.6 is 23.2 Å². The summed E-state index contributed by atoms with van der Waals surface area (Å²) >= 11 is 12.4. The molecule has 0 heterocycles. The molecule has 0 saturated heterocycles. The predicted molar refractivity (Wildman–Crippen MR) is 152 cm³/mol. The highest BCUT2D eigenvalue weighted by Gasteiger charge is 2.33. The molecule has 3 aromatic rings. The van der Waals surface area contributed by atoms with Crippen molar-refractivity contribution in [2.24, 2.45) is 5.92 Å². The molecule has 7 nitrogen and oxygen atoms in total. The lowest BCUT2D eigenvalue weighted by Crippen LogP contribution is -2.51. The second kappa shape index (κ2) is 13.1. The van der Waals surface area contributed by atoms with Gasteiger partial charge in [0.15, 0.2) is 0 Å². The van der Waals surface area contributed by atoms with Crippen LogP contribution in [0.3, 0.4) is 0 Å². The lowest BCUT2D eigenvalue weighted by molar-refractivity contribution is -0.139. The quantitative estimate of drug-likeness (QED) is 0.332. The summed E-state index contributed by atoms with van der Waals surface area (Å²) in [4.78, 5) is 28.2. The summed E-state index contributed by atoms with van der Waals surface area (Å²) in [7, 11) is -4.17. The van der Waals surface area contributed by atoms with Gasteiger partial charge in [-0.2, -0.15) is 0 Å². The van der Waals surface area contributed by atoms with E-state index in [-0.39, 0.29) is 34.0 Å². The van der Waals surface area contributed by atoms with Gasteiger partial charge in [-0.15, -0.1) is 0 Å². The third-order valence-electron chi connectivity index (χ3n) is 5.85. The van der Waals surface area contributed by atoms with Gasteiger partial charge in [-0.25, -0.2) is 8.42 Å². The van der Waals surface area contributed by atoms with Crippen molar-refractivity contribution in [2.75, 3.05) is 17.4 Å². The predicted octanol–water partition coefficient (Wildman–Crippen LogP) is 5.38. The normalized spacial score (nSPS) is 12.2. The smallest absolute Gasteiger partial charge is 0.264 e. The number of hydrogen-bond acceptors (Lipinski definition) is 4. The molecule has 0 aliphatic rings. The van der Waals surface area contributed by atoms with E-state index in [4.69, 9.17) is 23.2 Å². The number of nitrogens with zero attached hydrogens (tertiary/aromatic N) is 2. The van der Waals surface area contributed by atoms with Crippen molar-refractivity contribution in [3.63, 3.8) is 0 Å². The minimum atomic E-state index is -4.17. The number of anilines is 1. The van der Waals surface area contributed by atoms with E-state index in [0.717, 1.165) is 9.87 Å². The lowest BCUT2D eigenvalue weighted by atomic mass is 10.1. The summed E-state index contributed by atoms with van der Waals surface area (Å²) in [5.74, 6) is -0.680. The number of sulfonamides is 1. The Morgan fingerprint density at radius 2 is 1.47 bits per heavy atom. The standard InChI is InChI=1S/C28H31Cl2N3O4S/c1-20(2)17-31-28(35)21(3)32(18-22-13-15-23(29)16-14-22)27(34)19-33(26-12-8-7-11-25(26)30)38(36,37)24-9-5-4-6-10-24/h4-16,20-21H,17-19H2,1-3H3,(H,31,35)/t21-/m0/s1. The van der Waals surface area contributed by atoms with Crippen LogP contribution in [0.4, 0.5) is 5.69 Å². The van der Waals surface area contributed by atoms with E-state index in [1.54, 1.807) is 73.7 Å². The van der Waals surface area contributed by atoms with Crippen LogP contribution in [0, 0.1) is 5.92 Å². The first kappa shape index (κ1) is 29.5. The third kappa shape index (κ3) is 7.49. The summed E-state index contributed by atoms with van der Waals surface area (Å²) in [5, 5.41) is 3.56. The highest BCUT2D eigenvalue weighted by Crippen LogP contribution is 2.30. The van der Waals surface area contributed by atoms with Crippen LogP contribution in [-0.4, -0.2) is 44.3 Å². The summed E-state index contributed by atoms with van der Waals surface area (Å²) in [6.07, 6.45) is 0. The zero-order chi connectivity index (χ0) is 27.9. The van der Waals surface area contributed by atoms with Gasteiger partial charge in [0.2, 0.25) is 11.8 Å². The van der Waals surface area contributed by atoms with Gasteiger partial charge in [-0.1, -0.05) is 79.5 Å². The number of benzene rings is 3. The largest absolute Gasteiger partial charge is 0.354 e. The maximum Gasteiger partial charge on any atom is 0.264 e. The first-order valence-electron chi connectivity index (χ1n) is 12.1. The zero-order valence-corrected chi connectivity index (χ0v) is 23.8. The molecule has 1 atom stereocenters. The molecule has 0 aromatic heterocycles. The SMILES string of the molecule is CC(C)CNC(=O)[C@H](C)N(Cc1ccc(Cl)cc1)C(=O)CN(c1ccccc1Cl)S(=O)(=O)c1ccccc1. The van der Waals surface area contributed by atoms with Crippen molar-refractivity contribution >= 4 is 50.7 Å². The fourth-order valence-corrected chi connectivity index (χ4v) is 5.58. The maximum atomic E-state index is 13.8. The number of carbonyl (C=O) groups is 2. The number of para-hydroxylation sites is 1. The molecular formula is C28H31Cl2N3O4S. The Morgan fingerprint density at radius 1 is 0.868 bits per heavy atom. The molecule has 0 bridgehead atoms. The minimum absolute atomic E-state index is 0.0136. The number of carbonyl (C=O) groups excluding carboxylic acids is 2. The van der Waals surface area contributed by atoms with Crippen LogP contribution < -0.4 is 9.62 Å². The van der Waals surface area contributed by atoms with Crippen LogP contribution in [0.5, 0.6) is 0 Å². The molecule has 1 N–H and O–H groups in total. The van der Waals surface area contributed by atoms with Gasteiger partial charge in [0, 0.05) is 18.1 Å². The first-order valence-corrected chi connectivity index (χ1v) is 14.3. The Morgan fingerprint density at radius 3 is 2.08 bits per heavy atom. The van der Waals surface area contributed by atoms with Crippen molar-refractivity contribution in [3.8, 4) is 0 Å². The van der Waals surface area contributed by atoms with Gasteiger partial charge in [0.05, 0.1) is 15.6 Å². The molecule has 0 fully saturated rings. The topological polar surface area (TPSA) is 86.8 Å². The number of amides is 2. The summed E-state index contributed by atoms with van der Waals surface area (Å²) in [6.45, 7) is 5.52. The average molecular weight is 577 g/mol. The Labute approximate surface area is 234 Å². The second-order valence-corrected chi connectivity index (χ2v) is 11.9. The molecule has 0 saturated carbocycles. The van der Waals surface area contributed by atoms with Crippen LogP contribution in [0.2, 0.25) is 10.0 Å². The fraction of sp³-hybridized carbons (Fsp3) is 0.286. The molecule has 0 radical (unpaired) electrons. The Hall–Kier alpha value is -3.07. The molecule has 0 spiro atoms. The van der Waals surface area contributed by atoms with Gasteiger partial charge >= 0.3 is 0 Å². The van der Waals surface area contributed by atoms with Crippen molar-refractivity contribution in [1.29, 1.82) is 0 Å². The van der Waals surface area contributed by atoms with Gasteiger partial charge in [-0.3, -0.25) is 13.9 Å². The number of rotatable bonds is 11. The van der Waals surface area contributed by atoms with E-state index in [0.29, 0.717) is 11.6 Å². The van der Waals surface area contributed by atoms with Crippen LogP contribution in [0.25, 0.3) is 0 Å². The van der Waals surface area contributed by atoms with Crippen LogP contribution in [-0.2, 0) is 26.2 Å². The monoisotopic (exact) mass is 575 g/mol. The van der Waals surface area contributed by atoms with Gasteiger partial charge < -0.3 is 10.2 Å². The minimum Gasteiger partial charge on any atom is -0.354 e. The lowest BCUT2D eigenvalue weighted by Gasteiger charge is -2.32. The molecule has 0 aliphatic heterocycles. The zero-order valence-electron chi connectivity index (χ0n) is 21.5. The maximum absolute atomic E-state index is 13.8. The van der Waals surface area contributed by atoms with Gasteiger partial charge in [0.1, 0.15) is 12.6 Å². The van der Waals surface area contributed by atoms with E-state index in [9.17, 15) is 18.0 Å². The van der Waals surface area contributed by atoms with Crippen molar-refractivity contribution in [3.05, 3.63) is 94.5 Å². The van der Waals surface area contributed by atoms with E-state index >= 15 is 0 Å². The molecule has 38 heavy (non-hydrogen) atoms. The van der Waals surface area contributed by atoms with Crippen molar-refractivity contribution < 1.29 is 18.0 Å². The average Bonchev–Trinajstić information content (AvgIpc) is 2.90. The molecule has 202 valence electrons. The highest BCUT2D eigenvalue weighted by atomic mass is 35.5. The second-order valence-electron chi connectivity index (χ2n) is 9.24.